The van der Waals surface area contributed by atoms with Crippen molar-refractivity contribution in [3.05, 3.63) is 30.5 Å². The molecule has 0 aliphatic heterocycles. The average Bonchev–Trinajstić information content (AvgIpc) is 2.67. The summed E-state index contributed by atoms with van der Waals surface area (Å²) in [6, 6.07) is 7.70. The van der Waals surface area contributed by atoms with Crippen LogP contribution >= 0.6 is 0 Å². The summed E-state index contributed by atoms with van der Waals surface area (Å²) in [5.74, 6) is 0. The molecular weight excluding hydrogens is 176 g/mol. The molecule has 1 aromatic carbocycles. The van der Waals surface area contributed by atoms with Gasteiger partial charge in [-0.2, -0.15) is 0 Å². The minimum absolute atomic E-state index is 0.768. The van der Waals surface area contributed by atoms with E-state index >= 15 is 0 Å². The van der Waals surface area contributed by atoms with E-state index in [2.05, 4.69) is 10.3 Å². The highest BCUT2D eigenvalue weighted by atomic mass is 15.4. The summed E-state index contributed by atoms with van der Waals surface area (Å²) in [7, 11) is 0. The first-order valence-electron chi connectivity index (χ1n) is 4.55. The first-order valence-corrected chi connectivity index (χ1v) is 4.55. The highest BCUT2D eigenvalue weighted by Gasteiger charge is 2.03. The van der Waals surface area contributed by atoms with Gasteiger partial charge < -0.3 is 5.73 Å². The van der Waals surface area contributed by atoms with Gasteiger partial charge in [0.2, 0.25) is 0 Å². The lowest BCUT2D eigenvalue weighted by atomic mass is 10.1. The number of hydrogen-bond donors (Lipinski definition) is 1. The van der Waals surface area contributed by atoms with E-state index in [1.54, 1.807) is 6.20 Å². The van der Waals surface area contributed by atoms with Crippen molar-refractivity contribution < 1.29 is 0 Å². The third-order valence-corrected chi connectivity index (χ3v) is 2.12. The summed E-state index contributed by atoms with van der Waals surface area (Å²) in [6.45, 7) is 2.86. The summed E-state index contributed by atoms with van der Waals surface area (Å²) >= 11 is 0. The Labute approximate surface area is 82.4 Å². The van der Waals surface area contributed by atoms with E-state index in [0.29, 0.717) is 0 Å². The molecule has 0 fully saturated rings. The maximum atomic E-state index is 5.61. The molecule has 0 saturated heterocycles. The Kier molecular flexibility index (Phi) is 2.18. The van der Waals surface area contributed by atoms with Crippen molar-refractivity contribution in [1.29, 1.82) is 0 Å². The standard InChI is InChI=1S/C10H12N4/c1-2-14-10(7-12-13-14)8-3-5-9(11)6-4-8/h3-7H,2,11H2,1H3. The third-order valence-electron chi connectivity index (χ3n) is 2.12. The number of anilines is 1. The number of benzene rings is 1. The molecule has 2 N–H and O–H groups in total. The summed E-state index contributed by atoms with van der Waals surface area (Å²) in [4.78, 5) is 0. The van der Waals surface area contributed by atoms with Gasteiger partial charge in [0.1, 0.15) is 0 Å². The minimum atomic E-state index is 0.768. The van der Waals surface area contributed by atoms with E-state index in [-0.39, 0.29) is 0 Å². The molecule has 1 heterocycles. The van der Waals surface area contributed by atoms with Gasteiger partial charge in [0, 0.05) is 17.8 Å². The van der Waals surface area contributed by atoms with Gasteiger partial charge in [-0.15, -0.1) is 5.10 Å². The van der Waals surface area contributed by atoms with Gasteiger partial charge in [0.25, 0.3) is 0 Å². The Morgan fingerprint density at radius 3 is 2.64 bits per heavy atom. The molecular formula is C10H12N4. The molecule has 0 spiro atoms. The van der Waals surface area contributed by atoms with Crippen LogP contribution < -0.4 is 5.73 Å². The van der Waals surface area contributed by atoms with Crippen LogP contribution in [-0.2, 0) is 6.54 Å². The van der Waals surface area contributed by atoms with E-state index in [4.69, 9.17) is 5.73 Å². The zero-order chi connectivity index (χ0) is 9.97. The summed E-state index contributed by atoms with van der Waals surface area (Å²) in [5, 5.41) is 7.84. The summed E-state index contributed by atoms with van der Waals surface area (Å²) < 4.78 is 1.85. The molecule has 0 saturated carbocycles. The van der Waals surface area contributed by atoms with E-state index in [1.807, 2.05) is 35.9 Å². The van der Waals surface area contributed by atoms with Crippen molar-refractivity contribution in [1.82, 2.24) is 15.0 Å². The predicted molar refractivity (Wildman–Crippen MR) is 55.5 cm³/mol. The molecule has 0 atom stereocenters. The largest absolute Gasteiger partial charge is 0.399 e. The second-order valence-corrected chi connectivity index (χ2v) is 3.06. The highest BCUT2D eigenvalue weighted by molar-refractivity contribution is 5.61. The minimum Gasteiger partial charge on any atom is -0.399 e. The van der Waals surface area contributed by atoms with Crippen molar-refractivity contribution in [2.45, 2.75) is 13.5 Å². The van der Waals surface area contributed by atoms with Crippen molar-refractivity contribution in [3.8, 4) is 11.3 Å². The van der Waals surface area contributed by atoms with Crippen LogP contribution in [-0.4, -0.2) is 15.0 Å². The SMILES string of the molecule is CCn1nncc1-c1ccc(N)cc1. The van der Waals surface area contributed by atoms with Crippen LogP contribution in [0.15, 0.2) is 30.5 Å². The van der Waals surface area contributed by atoms with E-state index in [1.165, 1.54) is 0 Å². The molecule has 1 aromatic heterocycles. The van der Waals surface area contributed by atoms with Crippen molar-refractivity contribution in [2.24, 2.45) is 0 Å². The van der Waals surface area contributed by atoms with Crippen LogP contribution in [0.3, 0.4) is 0 Å². The van der Waals surface area contributed by atoms with Gasteiger partial charge in [0.05, 0.1) is 11.9 Å². The topological polar surface area (TPSA) is 56.7 Å². The zero-order valence-corrected chi connectivity index (χ0v) is 8.01. The van der Waals surface area contributed by atoms with Crippen LogP contribution in [0, 0.1) is 0 Å². The monoisotopic (exact) mass is 188 g/mol. The van der Waals surface area contributed by atoms with Gasteiger partial charge in [0.15, 0.2) is 0 Å². The molecule has 4 nitrogen and oxygen atoms in total. The Balaban J connectivity index is 2.44. The fourth-order valence-corrected chi connectivity index (χ4v) is 1.37. The third kappa shape index (κ3) is 1.46. The maximum absolute atomic E-state index is 5.61. The van der Waals surface area contributed by atoms with Crippen LogP contribution in [0.1, 0.15) is 6.92 Å². The molecule has 0 unspecified atom stereocenters. The van der Waals surface area contributed by atoms with E-state index in [9.17, 15) is 0 Å². The molecule has 0 amide bonds. The second-order valence-electron chi connectivity index (χ2n) is 3.06. The molecule has 2 aromatic rings. The average molecular weight is 188 g/mol. The van der Waals surface area contributed by atoms with Crippen molar-refractivity contribution in [3.63, 3.8) is 0 Å². The molecule has 0 radical (unpaired) electrons. The molecule has 0 aliphatic rings. The zero-order valence-electron chi connectivity index (χ0n) is 8.01. The van der Waals surface area contributed by atoms with Crippen LogP contribution in [0.5, 0.6) is 0 Å². The van der Waals surface area contributed by atoms with E-state index < -0.39 is 0 Å². The Bertz CT molecular complexity index is 416. The number of aromatic nitrogens is 3. The lowest BCUT2D eigenvalue weighted by Crippen LogP contribution is -1.99. The van der Waals surface area contributed by atoms with Gasteiger partial charge in [-0.25, -0.2) is 4.68 Å². The molecule has 0 bridgehead atoms. The fraction of sp³-hybridized carbons (Fsp3) is 0.200. The van der Waals surface area contributed by atoms with Gasteiger partial charge in [-0.3, -0.25) is 0 Å². The number of nitrogens with zero attached hydrogens (tertiary/aromatic N) is 3. The number of aryl methyl sites for hydroxylation is 1. The second kappa shape index (κ2) is 3.49. The quantitative estimate of drug-likeness (QED) is 0.727. The van der Waals surface area contributed by atoms with Crippen LogP contribution in [0.2, 0.25) is 0 Å². The number of rotatable bonds is 2. The molecule has 0 aliphatic carbocycles. The summed E-state index contributed by atoms with van der Waals surface area (Å²) in [6.07, 6.45) is 1.76. The lowest BCUT2D eigenvalue weighted by Gasteiger charge is -2.02. The Morgan fingerprint density at radius 1 is 1.29 bits per heavy atom. The molecule has 72 valence electrons. The molecule has 14 heavy (non-hydrogen) atoms. The Morgan fingerprint density at radius 2 is 2.00 bits per heavy atom. The predicted octanol–water partition coefficient (Wildman–Crippen LogP) is 1.55. The summed E-state index contributed by atoms with van der Waals surface area (Å²) in [5.41, 5.74) is 8.49. The molecule has 2 rings (SSSR count). The normalized spacial score (nSPS) is 10.4. The molecule has 4 heteroatoms. The van der Waals surface area contributed by atoms with Gasteiger partial charge in [-0.05, 0) is 19.1 Å². The van der Waals surface area contributed by atoms with Crippen molar-refractivity contribution in [2.75, 3.05) is 5.73 Å². The Hall–Kier alpha value is -1.84. The lowest BCUT2D eigenvalue weighted by molar-refractivity contribution is 0.632. The smallest absolute Gasteiger partial charge is 0.0885 e. The van der Waals surface area contributed by atoms with Crippen LogP contribution in [0.25, 0.3) is 11.3 Å². The maximum Gasteiger partial charge on any atom is 0.0885 e. The number of nitrogens with two attached hydrogens (primary N) is 1. The fourth-order valence-electron chi connectivity index (χ4n) is 1.37. The number of hydrogen-bond acceptors (Lipinski definition) is 3. The van der Waals surface area contributed by atoms with Crippen molar-refractivity contribution >= 4 is 5.69 Å². The number of nitrogen functional groups attached to an aromatic ring is 1. The first-order chi connectivity index (χ1) is 6.81. The van der Waals surface area contributed by atoms with Gasteiger partial charge in [-0.1, -0.05) is 17.3 Å². The van der Waals surface area contributed by atoms with Crippen LogP contribution in [0.4, 0.5) is 5.69 Å². The van der Waals surface area contributed by atoms with E-state index in [0.717, 1.165) is 23.5 Å². The van der Waals surface area contributed by atoms with Gasteiger partial charge >= 0.3 is 0 Å². The first kappa shape index (κ1) is 8.74. The highest BCUT2D eigenvalue weighted by Crippen LogP contribution is 2.18.